The molecule has 0 bridgehead atoms. The smallest absolute Gasteiger partial charge is 0.325 e. The molecule has 1 saturated carbocycles. The Hall–Kier alpha value is -2.68. The number of carbonyl (C=O) groups is 3. The molecule has 0 aromatic heterocycles. The van der Waals surface area contributed by atoms with E-state index in [0.717, 1.165) is 31.7 Å². The third-order valence-electron chi connectivity index (χ3n) is 4.62. The Bertz CT molecular complexity index is 770. The van der Waals surface area contributed by atoms with E-state index < -0.39 is 35.6 Å². The highest BCUT2D eigenvalue weighted by molar-refractivity contribution is 6.32. The number of amides is 2. The summed E-state index contributed by atoms with van der Waals surface area (Å²) in [5.74, 6) is -1.48. The highest BCUT2D eigenvalue weighted by atomic mass is 35.5. The van der Waals surface area contributed by atoms with E-state index in [1.54, 1.807) is 0 Å². The van der Waals surface area contributed by atoms with Crippen molar-refractivity contribution in [3.8, 4) is 0 Å². The molecule has 1 aliphatic carbocycles. The summed E-state index contributed by atoms with van der Waals surface area (Å²) < 4.78 is 4.85. The summed E-state index contributed by atoms with van der Waals surface area (Å²) in [5, 5.41) is 15.9. The minimum Gasteiger partial charge on any atom is -0.454 e. The summed E-state index contributed by atoms with van der Waals surface area (Å²) in [7, 11) is 0. The maximum Gasteiger partial charge on any atom is 0.325 e. The van der Waals surface area contributed by atoms with Crippen LogP contribution < -0.4 is 10.6 Å². The molecular formula is C18H22ClN3O6. The van der Waals surface area contributed by atoms with Gasteiger partial charge in [0.05, 0.1) is 4.92 Å². The number of benzene rings is 1. The van der Waals surface area contributed by atoms with Gasteiger partial charge in [-0.15, -0.1) is 0 Å². The van der Waals surface area contributed by atoms with E-state index in [1.807, 2.05) is 0 Å². The van der Waals surface area contributed by atoms with Gasteiger partial charge in [0, 0.05) is 17.7 Å². The van der Waals surface area contributed by atoms with Crippen LogP contribution in [-0.2, 0) is 14.3 Å². The van der Waals surface area contributed by atoms with Gasteiger partial charge in [-0.05, 0) is 30.9 Å². The third-order valence-corrected chi connectivity index (χ3v) is 4.94. The molecule has 0 aliphatic heterocycles. The molecule has 152 valence electrons. The molecule has 2 rings (SSSR count). The van der Waals surface area contributed by atoms with Crippen LogP contribution in [0, 0.1) is 16.0 Å². The molecule has 0 heterocycles. The molecule has 2 N–H and O–H groups in total. The van der Waals surface area contributed by atoms with E-state index in [2.05, 4.69) is 17.6 Å². The maximum atomic E-state index is 12.0. The molecule has 1 aliphatic rings. The van der Waals surface area contributed by atoms with Crippen LogP contribution >= 0.6 is 11.6 Å². The van der Waals surface area contributed by atoms with Gasteiger partial charge in [0.2, 0.25) is 0 Å². The second-order valence-corrected chi connectivity index (χ2v) is 7.11. The Balaban J connectivity index is 1.76. The van der Waals surface area contributed by atoms with Crippen molar-refractivity contribution >= 4 is 35.1 Å². The monoisotopic (exact) mass is 411 g/mol. The Labute approximate surface area is 166 Å². The standard InChI is InChI=1S/C18H22ClN3O6/c1-11-4-2-3-5-14(11)21-16(23)10-28-17(24)9-20-18(25)12-6-7-13(19)15(8-12)22(26)27/h6-8,11,14H,2-5,9-10H2,1H3,(H,20,25)(H,21,23)/t11-,14-/m1/s1. The maximum absolute atomic E-state index is 12.0. The summed E-state index contributed by atoms with van der Waals surface area (Å²) in [6, 6.07) is 3.63. The number of carbonyl (C=O) groups excluding carboxylic acids is 3. The number of esters is 1. The number of ether oxygens (including phenoxy) is 1. The van der Waals surface area contributed by atoms with Crippen molar-refractivity contribution in [2.75, 3.05) is 13.2 Å². The molecule has 1 aromatic carbocycles. The predicted molar refractivity (Wildman–Crippen MR) is 101 cm³/mol. The largest absolute Gasteiger partial charge is 0.454 e. The number of rotatable bonds is 7. The molecule has 0 unspecified atom stereocenters. The topological polar surface area (TPSA) is 128 Å². The molecule has 0 saturated heterocycles. The van der Waals surface area contributed by atoms with Gasteiger partial charge in [-0.3, -0.25) is 24.5 Å². The molecule has 0 spiro atoms. The second-order valence-electron chi connectivity index (χ2n) is 6.70. The summed E-state index contributed by atoms with van der Waals surface area (Å²) >= 11 is 5.69. The van der Waals surface area contributed by atoms with Crippen LogP contribution in [0.15, 0.2) is 18.2 Å². The third kappa shape index (κ3) is 6.19. The molecule has 0 radical (unpaired) electrons. The van der Waals surface area contributed by atoms with E-state index in [4.69, 9.17) is 16.3 Å². The fourth-order valence-corrected chi connectivity index (χ4v) is 3.21. The van der Waals surface area contributed by atoms with Crippen molar-refractivity contribution in [1.82, 2.24) is 10.6 Å². The Kier molecular flexibility index (Phi) is 7.74. The highest BCUT2D eigenvalue weighted by Crippen LogP contribution is 2.25. The lowest BCUT2D eigenvalue weighted by atomic mass is 9.86. The number of hydrogen-bond donors (Lipinski definition) is 2. The van der Waals surface area contributed by atoms with Crippen molar-refractivity contribution in [3.63, 3.8) is 0 Å². The van der Waals surface area contributed by atoms with Gasteiger partial charge >= 0.3 is 5.97 Å². The average molecular weight is 412 g/mol. The number of hydrogen-bond acceptors (Lipinski definition) is 6. The van der Waals surface area contributed by atoms with Gasteiger partial charge in [-0.25, -0.2) is 0 Å². The van der Waals surface area contributed by atoms with E-state index in [9.17, 15) is 24.5 Å². The predicted octanol–water partition coefficient (Wildman–Crippen LogP) is 2.22. The summed E-state index contributed by atoms with van der Waals surface area (Å²) in [6.45, 7) is 1.18. The van der Waals surface area contributed by atoms with Crippen molar-refractivity contribution in [3.05, 3.63) is 38.9 Å². The molecule has 10 heteroatoms. The first-order chi connectivity index (χ1) is 13.3. The number of halogens is 1. The van der Waals surface area contributed by atoms with Crippen molar-refractivity contribution in [2.24, 2.45) is 5.92 Å². The van der Waals surface area contributed by atoms with E-state index >= 15 is 0 Å². The fourth-order valence-electron chi connectivity index (χ4n) is 3.02. The van der Waals surface area contributed by atoms with E-state index in [-0.39, 0.29) is 22.5 Å². The first-order valence-electron chi connectivity index (χ1n) is 8.95. The Morgan fingerprint density at radius 3 is 2.68 bits per heavy atom. The van der Waals surface area contributed by atoms with Gasteiger partial charge in [0.25, 0.3) is 17.5 Å². The summed E-state index contributed by atoms with van der Waals surface area (Å²) in [5.41, 5.74) is -0.432. The minimum atomic E-state index is -0.788. The number of nitrogens with zero attached hydrogens (tertiary/aromatic N) is 1. The lowest BCUT2D eigenvalue weighted by Crippen LogP contribution is -2.43. The summed E-state index contributed by atoms with van der Waals surface area (Å²) in [4.78, 5) is 45.8. The van der Waals surface area contributed by atoms with E-state index in [0.29, 0.717) is 5.92 Å². The van der Waals surface area contributed by atoms with Crippen molar-refractivity contribution in [2.45, 2.75) is 38.6 Å². The molecule has 1 fully saturated rings. The SMILES string of the molecule is C[C@@H]1CCCC[C@H]1NC(=O)COC(=O)CNC(=O)c1ccc(Cl)c([N+](=O)[O-])c1. The zero-order valence-corrected chi connectivity index (χ0v) is 16.2. The van der Waals surface area contributed by atoms with Gasteiger partial charge in [0.1, 0.15) is 11.6 Å². The van der Waals surface area contributed by atoms with Crippen LogP contribution in [-0.4, -0.2) is 41.9 Å². The Morgan fingerprint density at radius 1 is 1.29 bits per heavy atom. The fraction of sp³-hybridized carbons (Fsp3) is 0.500. The van der Waals surface area contributed by atoms with Crippen LogP contribution in [0.3, 0.4) is 0 Å². The van der Waals surface area contributed by atoms with Crippen molar-refractivity contribution < 1.29 is 24.0 Å². The normalized spacial score (nSPS) is 18.8. The summed E-state index contributed by atoms with van der Waals surface area (Å²) in [6.07, 6.45) is 4.17. The minimum absolute atomic E-state index is 0.0204. The van der Waals surface area contributed by atoms with Crippen LogP contribution in [0.4, 0.5) is 5.69 Å². The second kappa shape index (κ2) is 10.0. The molecular weight excluding hydrogens is 390 g/mol. The first-order valence-corrected chi connectivity index (χ1v) is 9.33. The highest BCUT2D eigenvalue weighted by Gasteiger charge is 2.23. The molecule has 1 aromatic rings. The molecule has 2 amide bonds. The lowest BCUT2D eigenvalue weighted by molar-refractivity contribution is -0.384. The van der Waals surface area contributed by atoms with E-state index in [1.165, 1.54) is 12.1 Å². The number of nitro benzene ring substituents is 1. The zero-order chi connectivity index (χ0) is 20.7. The van der Waals surface area contributed by atoms with Crippen LogP contribution in [0.2, 0.25) is 5.02 Å². The number of nitrogens with one attached hydrogen (secondary N) is 2. The average Bonchev–Trinajstić information content (AvgIpc) is 2.66. The molecule has 28 heavy (non-hydrogen) atoms. The quantitative estimate of drug-likeness (QED) is 0.402. The van der Waals surface area contributed by atoms with Crippen LogP contribution in [0.25, 0.3) is 0 Å². The van der Waals surface area contributed by atoms with Gasteiger partial charge < -0.3 is 15.4 Å². The van der Waals surface area contributed by atoms with Gasteiger partial charge in [-0.1, -0.05) is 31.4 Å². The van der Waals surface area contributed by atoms with Crippen molar-refractivity contribution in [1.29, 1.82) is 0 Å². The van der Waals surface area contributed by atoms with Crippen LogP contribution in [0.1, 0.15) is 43.0 Å². The van der Waals surface area contributed by atoms with Gasteiger partial charge in [0.15, 0.2) is 6.61 Å². The first kappa shape index (κ1) is 21.6. The molecule has 2 atom stereocenters. The lowest BCUT2D eigenvalue weighted by Gasteiger charge is -2.29. The number of nitro groups is 1. The Morgan fingerprint density at radius 2 is 2.00 bits per heavy atom. The van der Waals surface area contributed by atoms with Crippen LogP contribution in [0.5, 0.6) is 0 Å². The van der Waals surface area contributed by atoms with Gasteiger partial charge in [-0.2, -0.15) is 0 Å². The molecule has 9 nitrogen and oxygen atoms in total. The zero-order valence-electron chi connectivity index (χ0n) is 15.4.